The number of piperidine rings is 1. The Morgan fingerprint density at radius 2 is 2.12 bits per heavy atom. The lowest BCUT2D eigenvalue weighted by Crippen LogP contribution is -2.43. The highest BCUT2D eigenvalue weighted by atomic mass is 16.5. The van der Waals surface area contributed by atoms with Gasteiger partial charge in [-0.25, -0.2) is 4.98 Å². The van der Waals surface area contributed by atoms with E-state index in [1.807, 2.05) is 24.3 Å². The second-order valence-corrected chi connectivity index (χ2v) is 5.92. The molecule has 7 nitrogen and oxygen atoms in total. The van der Waals surface area contributed by atoms with Gasteiger partial charge in [0.2, 0.25) is 5.82 Å². The van der Waals surface area contributed by atoms with E-state index in [4.69, 9.17) is 10.3 Å². The van der Waals surface area contributed by atoms with Crippen molar-refractivity contribution in [1.82, 2.24) is 20.1 Å². The van der Waals surface area contributed by atoms with Gasteiger partial charge in [0.1, 0.15) is 5.82 Å². The van der Waals surface area contributed by atoms with Gasteiger partial charge in [-0.15, -0.1) is 0 Å². The minimum atomic E-state index is 0.221. The molecule has 3 aromatic heterocycles. The normalized spacial score (nSPS) is 17.9. The number of pyridine rings is 2. The zero-order chi connectivity index (χ0) is 16.4. The first-order valence-electron chi connectivity index (χ1n) is 8.00. The van der Waals surface area contributed by atoms with Crippen LogP contribution in [0.25, 0.3) is 22.8 Å². The number of hydrogen-bond acceptors (Lipinski definition) is 7. The summed E-state index contributed by atoms with van der Waals surface area (Å²) in [4.78, 5) is 15.2. The summed E-state index contributed by atoms with van der Waals surface area (Å²) in [6.45, 7) is 1.84. The average Bonchev–Trinajstić information content (AvgIpc) is 3.13. The summed E-state index contributed by atoms with van der Waals surface area (Å²) in [7, 11) is 0. The molecule has 2 N–H and O–H groups in total. The van der Waals surface area contributed by atoms with E-state index >= 15 is 0 Å². The van der Waals surface area contributed by atoms with Crippen LogP contribution < -0.4 is 10.6 Å². The average molecular weight is 322 g/mol. The maximum Gasteiger partial charge on any atom is 0.259 e. The van der Waals surface area contributed by atoms with Gasteiger partial charge in [-0.3, -0.25) is 4.98 Å². The van der Waals surface area contributed by atoms with E-state index in [1.54, 1.807) is 18.6 Å². The van der Waals surface area contributed by atoms with Gasteiger partial charge in [0.25, 0.3) is 5.89 Å². The molecule has 0 aliphatic carbocycles. The molecule has 3 aromatic rings. The van der Waals surface area contributed by atoms with E-state index in [0.717, 1.165) is 42.9 Å². The minimum Gasteiger partial charge on any atom is -0.355 e. The van der Waals surface area contributed by atoms with Gasteiger partial charge >= 0.3 is 0 Å². The highest BCUT2D eigenvalue weighted by molar-refractivity contribution is 5.59. The fourth-order valence-electron chi connectivity index (χ4n) is 2.87. The monoisotopic (exact) mass is 322 g/mol. The highest BCUT2D eigenvalue weighted by Gasteiger charge is 2.18. The summed E-state index contributed by atoms with van der Waals surface area (Å²) in [5.41, 5.74) is 7.65. The number of hydrogen-bond donors (Lipinski definition) is 1. The Morgan fingerprint density at radius 3 is 2.88 bits per heavy atom. The van der Waals surface area contributed by atoms with Gasteiger partial charge in [0.15, 0.2) is 0 Å². The Bertz CT molecular complexity index is 801. The molecule has 122 valence electrons. The van der Waals surface area contributed by atoms with E-state index in [0.29, 0.717) is 11.7 Å². The van der Waals surface area contributed by atoms with Gasteiger partial charge in [-0.2, -0.15) is 4.98 Å². The molecule has 0 amide bonds. The SMILES string of the molecule is NC1CCCN(c2ccc(-c3nc(-c4cccnc4)no3)cn2)C1. The van der Waals surface area contributed by atoms with Crippen LogP contribution in [-0.2, 0) is 0 Å². The van der Waals surface area contributed by atoms with E-state index in [1.165, 1.54) is 0 Å². The Labute approximate surface area is 139 Å². The maximum absolute atomic E-state index is 6.03. The fourth-order valence-corrected chi connectivity index (χ4v) is 2.87. The first-order chi connectivity index (χ1) is 11.8. The number of anilines is 1. The zero-order valence-corrected chi connectivity index (χ0v) is 13.2. The molecule has 0 radical (unpaired) electrons. The lowest BCUT2D eigenvalue weighted by molar-refractivity contribution is 0.432. The van der Waals surface area contributed by atoms with Crippen LogP contribution in [0.2, 0.25) is 0 Å². The lowest BCUT2D eigenvalue weighted by Gasteiger charge is -2.31. The molecule has 0 spiro atoms. The second-order valence-electron chi connectivity index (χ2n) is 5.92. The van der Waals surface area contributed by atoms with Gasteiger partial charge in [0, 0.05) is 43.3 Å². The van der Waals surface area contributed by atoms with Crippen LogP contribution in [0.1, 0.15) is 12.8 Å². The summed E-state index contributed by atoms with van der Waals surface area (Å²) in [5, 5.41) is 4.00. The van der Waals surface area contributed by atoms with Gasteiger partial charge < -0.3 is 15.2 Å². The van der Waals surface area contributed by atoms with Crippen molar-refractivity contribution in [2.24, 2.45) is 5.73 Å². The van der Waals surface area contributed by atoms with E-state index in [-0.39, 0.29) is 6.04 Å². The molecule has 4 heterocycles. The van der Waals surface area contributed by atoms with Crippen LogP contribution in [0, 0.1) is 0 Å². The summed E-state index contributed by atoms with van der Waals surface area (Å²) < 4.78 is 5.35. The van der Waals surface area contributed by atoms with Crippen LogP contribution in [0.5, 0.6) is 0 Å². The second kappa shape index (κ2) is 6.37. The predicted octanol–water partition coefficient (Wildman–Crippen LogP) is 2.12. The molecule has 1 aliphatic rings. The Hall–Kier alpha value is -2.80. The van der Waals surface area contributed by atoms with E-state index < -0.39 is 0 Å². The van der Waals surface area contributed by atoms with Crippen molar-refractivity contribution in [1.29, 1.82) is 0 Å². The number of rotatable bonds is 3. The fraction of sp³-hybridized carbons (Fsp3) is 0.294. The van der Waals surface area contributed by atoms with Crippen molar-refractivity contribution in [3.63, 3.8) is 0 Å². The van der Waals surface area contributed by atoms with Gasteiger partial charge in [-0.05, 0) is 37.1 Å². The molecule has 1 unspecified atom stereocenters. The summed E-state index contributed by atoms with van der Waals surface area (Å²) in [6.07, 6.45) is 7.35. The Morgan fingerprint density at radius 1 is 1.17 bits per heavy atom. The first kappa shape index (κ1) is 14.8. The molecular weight excluding hydrogens is 304 g/mol. The third-order valence-corrected chi connectivity index (χ3v) is 4.12. The summed E-state index contributed by atoms with van der Waals surface area (Å²) in [6, 6.07) is 7.87. The topological polar surface area (TPSA) is 94.0 Å². The predicted molar refractivity (Wildman–Crippen MR) is 90.2 cm³/mol. The summed E-state index contributed by atoms with van der Waals surface area (Å²) >= 11 is 0. The van der Waals surface area contributed by atoms with E-state index in [2.05, 4.69) is 25.0 Å². The maximum atomic E-state index is 6.03. The number of nitrogens with two attached hydrogens (primary N) is 1. The molecule has 1 atom stereocenters. The molecule has 0 aromatic carbocycles. The smallest absolute Gasteiger partial charge is 0.259 e. The first-order valence-corrected chi connectivity index (χ1v) is 8.00. The van der Waals surface area contributed by atoms with Gasteiger partial charge in [-0.1, -0.05) is 5.16 Å². The van der Waals surface area contributed by atoms with Crippen molar-refractivity contribution in [3.8, 4) is 22.8 Å². The van der Waals surface area contributed by atoms with Crippen molar-refractivity contribution < 1.29 is 4.52 Å². The van der Waals surface area contributed by atoms with E-state index in [9.17, 15) is 0 Å². The molecular formula is C17H18N6O. The summed E-state index contributed by atoms with van der Waals surface area (Å²) in [5.74, 6) is 1.90. The van der Waals surface area contributed by atoms with Crippen molar-refractivity contribution in [3.05, 3.63) is 42.9 Å². The molecule has 0 saturated carbocycles. The Kier molecular flexibility index (Phi) is 3.92. The third kappa shape index (κ3) is 2.98. The van der Waals surface area contributed by atoms with Crippen LogP contribution in [-0.4, -0.2) is 39.2 Å². The van der Waals surface area contributed by atoms with Crippen molar-refractivity contribution in [2.45, 2.75) is 18.9 Å². The van der Waals surface area contributed by atoms with Crippen molar-refractivity contribution >= 4 is 5.82 Å². The van der Waals surface area contributed by atoms with Gasteiger partial charge in [0.05, 0.1) is 5.56 Å². The quantitative estimate of drug-likeness (QED) is 0.789. The molecule has 1 aliphatic heterocycles. The Balaban J connectivity index is 1.54. The number of aromatic nitrogens is 4. The molecule has 4 rings (SSSR count). The van der Waals surface area contributed by atoms with Crippen molar-refractivity contribution in [2.75, 3.05) is 18.0 Å². The standard InChI is InChI=1S/C17H18N6O/c18-14-4-2-8-23(11-14)15-6-5-13(10-20-15)17-21-16(22-24-17)12-3-1-7-19-9-12/h1,3,5-7,9-10,14H,2,4,8,11,18H2. The molecule has 7 heteroatoms. The minimum absolute atomic E-state index is 0.221. The number of nitrogens with zero attached hydrogens (tertiary/aromatic N) is 5. The molecule has 1 fully saturated rings. The molecule has 24 heavy (non-hydrogen) atoms. The lowest BCUT2D eigenvalue weighted by atomic mass is 10.1. The third-order valence-electron chi connectivity index (χ3n) is 4.12. The largest absolute Gasteiger partial charge is 0.355 e. The van der Waals surface area contributed by atoms with Crippen LogP contribution >= 0.6 is 0 Å². The zero-order valence-electron chi connectivity index (χ0n) is 13.2. The van der Waals surface area contributed by atoms with Crippen LogP contribution in [0.4, 0.5) is 5.82 Å². The van der Waals surface area contributed by atoms with Crippen LogP contribution in [0.15, 0.2) is 47.4 Å². The van der Waals surface area contributed by atoms with Crippen LogP contribution in [0.3, 0.4) is 0 Å². The molecule has 0 bridgehead atoms. The molecule has 1 saturated heterocycles. The highest BCUT2D eigenvalue weighted by Crippen LogP contribution is 2.23.